The number of carbonyl (C=O) groups is 2. The Labute approximate surface area is 179 Å². The molecule has 0 bridgehead atoms. The lowest BCUT2D eigenvalue weighted by atomic mass is 9.95. The summed E-state index contributed by atoms with van der Waals surface area (Å²) in [5.41, 5.74) is 6.02. The van der Waals surface area contributed by atoms with Crippen molar-refractivity contribution in [2.24, 2.45) is 0 Å². The van der Waals surface area contributed by atoms with Gasteiger partial charge in [0, 0.05) is 24.2 Å². The van der Waals surface area contributed by atoms with E-state index in [0.29, 0.717) is 30.6 Å². The fourth-order valence-corrected chi connectivity index (χ4v) is 3.71. The molecule has 0 fully saturated rings. The van der Waals surface area contributed by atoms with Crippen LogP contribution in [-0.4, -0.2) is 28.5 Å². The fraction of sp³-hybridized carbons (Fsp3) is 0.120. The average Bonchev–Trinajstić information content (AvgIpc) is 2.82. The maximum Gasteiger partial charge on any atom is 0.274 e. The molecule has 4 rings (SSSR count). The smallest absolute Gasteiger partial charge is 0.274 e. The van der Waals surface area contributed by atoms with Gasteiger partial charge in [-0.25, -0.2) is 9.87 Å². The second-order valence-corrected chi connectivity index (χ2v) is 7.38. The Hall–Kier alpha value is -3.77. The zero-order valence-electron chi connectivity index (χ0n) is 16.7. The summed E-state index contributed by atoms with van der Waals surface area (Å²) < 4.78 is 13.3. The van der Waals surface area contributed by atoms with Crippen LogP contribution in [0, 0.1) is 5.82 Å². The molecule has 0 radical (unpaired) electrons. The molecule has 156 valence electrons. The van der Waals surface area contributed by atoms with Crippen molar-refractivity contribution in [2.75, 3.05) is 6.54 Å². The molecule has 0 saturated heterocycles. The molecule has 5 nitrogen and oxygen atoms in total. The maximum atomic E-state index is 13.5. The molecule has 0 saturated carbocycles. The summed E-state index contributed by atoms with van der Waals surface area (Å²) in [7, 11) is 0. The molecule has 0 aromatic heterocycles. The summed E-state index contributed by atoms with van der Waals surface area (Å²) >= 11 is 0. The average molecular weight is 416 g/mol. The van der Waals surface area contributed by atoms with Gasteiger partial charge in [0.1, 0.15) is 5.82 Å². The van der Waals surface area contributed by atoms with Gasteiger partial charge in [-0.1, -0.05) is 48.5 Å². The summed E-state index contributed by atoms with van der Waals surface area (Å²) in [6, 6.07) is 20.6. The monoisotopic (exact) mass is 416 g/mol. The normalized spacial score (nSPS) is 13.5. The number of hydrogen-bond acceptors (Lipinski definition) is 3. The standard InChI is InChI=1S/C25H21FN2O3/c26-22-10-6-17(7-11-22)14-23(18-4-2-1-3-5-18)25(30)28-13-12-19-15-20(24(29)27-31)8-9-21(19)16-28/h1-11,14-15,31H,12-13,16H2,(H,27,29). The SMILES string of the molecule is O=C(NO)c1ccc2c(c1)CCN(C(=O)C(=Cc1ccc(F)cc1)c1ccccc1)C2. The summed E-state index contributed by atoms with van der Waals surface area (Å²) in [5, 5.41) is 8.83. The first-order valence-electron chi connectivity index (χ1n) is 9.93. The van der Waals surface area contributed by atoms with E-state index in [1.807, 2.05) is 36.4 Å². The molecule has 0 atom stereocenters. The van der Waals surface area contributed by atoms with Crippen LogP contribution in [0.1, 0.15) is 32.6 Å². The number of rotatable bonds is 4. The van der Waals surface area contributed by atoms with E-state index in [9.17, 15) is 14.0 Å². The van der Waals surface area contributed by atoms with Gasteiger partial charge in [-0.3, -0.25) is 14.8 Å². The number of halogens is 1. The van der Waals surface area contributed by atoms with E-state index in [2.05, 4.69) is 0 Å². The van der Waals surface area contributed by atoms with Gasteiger partial charge in [0.2, 0.25) is 0 Å². The third kappa shape index (κ3) is 4.54. The van der Waals surface area contributed by atoms with Gasteiger partial charge in [0.15, 0.2) is 0 Å². The summed E-state index contributed by atoms with van der Waals surface area (Å²) in [6.45, 7) is 0.923. The number of hydrogen-bond donors (Lipinski definition) is 2. The molecule has 1 heterocycles. The van der Waals surface area contributed by atoms with Gasteiger partial charge in [0.25, 0.3) is 11.8 Å². The van der Waals surface area contributed by atoms with Gasteiger partial charge < -0.3 is 4.90 Å². The minimum absolute atomic E-state index is 0.113. The molecule has 0 aliphatic carbocycles. The highest BCUT2D eigenvalue weighted by atomic mass is 19.1. The number of nitrogens with one attached hydrogen (secondary N) is 1. The van der Waals surface area contributed by atoms with E-state index in [4.69, 9.17) is 5.21 Å². The van der Waals surface area contributed by atoms with Gasteiger partial charge in [-0.15, -0.1) is 0 Å². The summed E-state index contributed by atoms with van der Waals surface area (Å²) in [5.74, 6) is -1.00. The van der Waals surface area contributed by atoms with E-state index in [1.165, 1.54) is 12.1 Å². The molecular weight excluding hydrogens is 395 g/mol. The molecule has 2 N–H and O–H groups in total. The Morgan fingerprint density at radius 2 is 1.68 bits per heavy atom. The van der Waals surface area contributed by atoms with Crippen molar-refractivity contribution in [2.45, 2.75) is 13.0 Å². The van der Waals surface area contributed by atoms with Crippen molar-refractivity contribution in [3.05, 3.63) is 106 Å². The third-order valence-corrected chi connectivity index (χ3v) is 5.37. The number of amides is 2. The van der Waals surface area contributed by atoms with Crippen molar-refractivity contribution < 1.29 is 19.2 Å². The van der Waals surface area contributed by atoms with Gasteiger partial charge in [-0.05, 0) is 59.0 Å². The van der Waals surface area contributed by atoms with Crippen LogP contribution in [0.2, 0.25) is 0 Å². The fourth-order valence-electron chi connectivity index (χ4n) is 3.71. The van der Waals surface area contributed by atoms with E-state index < -0.39 is 5.91 Å². The molecular formula is C25H21FN2O3. The summed E-state index contributed by atoms with van der Waals surface area (Å²) in [6.07, 6.45) is 2.38. The Balaban J connectivity index is 1.63. The first-order chi connectivity index (χ1) is 15.0. The Morgan fingerprint density at radius 1 is 0.935 bits per heavy atom. The van der Waals surface area contributed by atoms with Crippen LogP contribution in [0.4, 0.5) is 4.39 Å². The number of nitrogens with zero attached hydrogens (tertiary/aromatic N) is 1. The van der Waals surface area contributed by atoms with Crippen molar-refractivity contribution in [3.8, 4) is 0 Å². The molecule has 1 aliphatic heterocycles. The molecule has 6 heteroatoms. The van der Waals surface area contributed by atoms with Crippen LogP contribution < -0.4 is 5.48 Å². The first kappa shape index (κ1) is 20.5. The van der Waals surface area contributed by atoms with E-state index in [-0.39, 0.29) is 11.7 Å². The van der Waals surface area contributed by atoms with Crippen LogP contribution in [0.15, 0.2) is 72.8 Å². The van der Waals surface area contributed by atoms with Gasteiger partial charge in [0.05, 0.1) is 0 Å². The van der Waals surface area contributed by atoms with Gasteiger partial charge >= 0.3 is 0 Å². The van der Waals surface area contributed by atoms with E-state index >= 15 is 0 Å². The molecule has 1 aliphatic rings. The first-order valence-corrected chi connectivity index (χ1v) is 9.93. The number of benzene rings is 3. The lowest BCUT2D eigenvalue weighted by Crippen LogP contribution is -2.36. The zero-order chi connectivity index (χ0) is 21.8. The molecule has 3 aromatic rings. The quantitative estimate of drug-likeness (QED) is 0.292. The summed E-state index contributed by atoms with van der Waals surface area (Å²) in [4.78, 5) is 26.9. The lowest BCUT2D eigenvalue weighted by molar-refractivity contribution is -0.125. The second-order valence-electron chi connectivity index (χ2n) is 7.38. The number of fused-ring (bicyclic) bond motifs is 1. The van der Waals surface area contributed by atoms with Crippen LogP contribution in [0.25, 0.3) is 11.6 Å². The molecule has 3 aromatic carbocycles. The van der Waals surface area contributed by atoms with Crippen molar-refractivity contribution in [1.82, 2.24) is 10.4 Å². The minimum atomic E-state index is -0.560. The molecule has 2 amide bonds. The van der Waals surface area contributed by atoms with Crippen molar-refractivity contribution >= 4 is 23.5 Å². The maximum absolute atomic E-state index is 13.5. The van der Waals surface area contributed by atoms with Crippen molar-refractivity contribution in [1.29, 1.82) is 0 Å². The molecule has 31 heavy (non-hydrogen) atoms. The second kappa shape index (κ2) is 8.93. The van der Waals surface area contributed by atoms with Crippen LogP contribution in [0.5, 0.6) is 0 Å². The largest absolute Gasteiger partial charge is 0.334 e. The Kier molecular flexibility index (Phi) is 5.91. The third-order valence-electron chi connectivity index (χ3n) is 5.37. The van der Waals surface area contributed by atoms with Crippen molar-refractivity contribution in [3.63, 3.8) is 0 Å². The van der Waals surface area contributed by atoms with Crippen LogP contribution in [-0.2, 0) is 17.8 Å². The predicted octanol–water partition coefficient (Wildman–Crippen LogP) is 4.07. The van der Waals surface area contributed by atoms with E-state index in [1.54, 1.807) is 40.7 Å². The topological polar surface area (TPSA) is 69.6 Å². The molecule has 0 spiro atoms. The highest BCUT2D eigenvalue weighted by molar-refractivity contribution is 6.24. The van der Waals surface area contributed by atoms with Gasteiger partial charge in [-0.2, -0.15) is 0 Å². The van der Waals surface area contributed by atoms with Crippen LogP contribution >= 0.6 is 0 Å². The lowest BCUT2D eigenvalue weighted by Gasteiger charge is -2.30. The highest BCUT2D eigenvalue weighted by Gasteiger charge is 2.25. The number of carbonyl (C=O) groups excluding carboxylic acids is 2. The molecule has 0 unspecified atom stereocenters. The Bertz CT molecular complexity index is 1140. The van der Waals surface area contributed by atoms with E-state index in [0.717, 1.165) is 22.3 Å². The Morgan fingerprint density at radius 3 is 2.39 bits per heavy atom. The predicted molar refractivity (Wildman–Crippen MR) is 116 cm³/mol. The van der Waals surface area contributed by atoms with Crippen LogP contribution in [0.3, 0.4) is 0 Å². The number of hydroxylamine groups is 1. The minimum Gasteiger partial charge on any atom is -0.334 e. The highest BCUT2D eigenvalue weighted by Crippen LogP contribution is 2.26. The zero-order valence-corrected chi connectivity index (χ0v) is 16.7.